The highest BCUT2D eigenvalue weighted by atomic mass is 16.5. The molecule has 1 N–H and O–H groups in total. The minimum Gasteiger partial charge on any atom is -0.492 e. The number of hydrogen-bond donors (Lipinski definition) is 1. The lowest BCUT2D eigenvalue weighted by Gasteiger charge is -2.35. The molecule has 10 heteroatoms. The van der Waals surface area contributed by atoms with Gasteiger partial charge in [-0.3, -0.25) is 19.4 Å². The number of carbonyl (C=O) groups is 4. The van der Waals surface area contributed by atoms with Crippen molar-refractivity contribution in [3.63, 3.8) is 0 Å². The zero-order chi connectivity index (χ0) is 27.4. The second kappa shape index (κ2) is 14.9. The predicted octanol–water partition coefficient (Wildman–Crippen LogP) is 2.45. The van der Waals surface area contributed by atoms with Crippen LogP contribution in [0.4, 0.5) is 0 Å². The van der Waals surface area contributed by atoms with Gasteiger partial charge in [-0.05, 0) is 45.1 Å². The first-order chi connectivity index (χ1) is 16.8. The topological polar surface area (TPSA) is 123 Å². The average Bonchev–Trinajstić information content (AvgIpc) is 2.84. The van der Waals surface area contributed by atoms with E-state index in [-0.39, 0.29) is 62.8 Å². The summed E-state index contributed by atoms with van der Waals surface area (Å²) in [6.07, 6.45) is -0.791. The standard InChI is InChI=1S/C26H38N2O8/c1-17(2)20(7)34-14-11-28-23(30)16-21(10-13-35-24(31)18(3)4)8-9-22(29)27(26(28)33)12-15-36-25(32)19(5)6/h21,26,33H,1,3,5,7-16H2,2,4,6H3. The van der Waals surface area contributed by atoms with Crippen LogP contribution in [0.1, 0.15) is 46.5 Å². The number of rotatable bonds is 13. The van der Waals surface area contributed by atoms with Crippen LogP contribution in [0.5, 0.6) is 0 Å². The van der Waals surface area contributed by atoms with E-state index in [1.165, 1.54) is 13.8 Å². The van der Waals surface area contributed by atoms with E-state index < -0.39 is 30.1 Å². The molecule has 2 unspecified atom stereocenters. The Morgan fingerprint density at radius 1 is 0.833 bits per heavy atom. The van der Waals surface area contributed by atoms with Crippen LogP contribution in [0.25, 0.3) is 0 Å². The third-order valence-electron chi connectivity index (χ3n) is 5.53. The van der Waals surface area contributed by atoms with E-state index in [1.807, 2.05) is 0 Å². The third-order valence-corrected chi connectivity index (χ3v) is 5.53. The molecule has 0 spiro atoms. The fourth-order valence-electron chi connectivity index (χ4n) is 3.28. The Kier molecular flexibility index (Phi) is 12.7. The number of hydrogen-bond acceptors (Lipinski definition) is 8. The fraction of sp³-hybridized carbons (Fsp3) is 0.538. The number of nitrogens with zero attached hydrogens (tertiary/aromatic N) is 2. The molecule has 0 aromatic heterocycles. The van der Waals surface area contributed by atoms with Gasteiger partial charge in [0.1, 0.15) is 19.0 Å². The van der Waals surface area contributed by atoms with Gasteiger partial charge < -0.3 is 19.3 Å². The molecular formula is C26H38N2O8. The zero-order valence-electron chi connectivity index (χ0n) is 21.5. The van der Waals surface area contributed by atoms with E-state index in [9.17, 15) is 24.3 Å². The Balaban J connectivity index is 3.01. The Morgan fingerprint density at radius 2 is 1.33 bits per heavy atom. The van der Waals surface area contributed by atoms with Gasteiger partial charge in [0.05, 0.1) is 19.7 Å². The lowest BCUT2D eigenvalue weighted by atomic mass is 9.95. The van der Waals surface area contributed by atoms with Crippen molar-refractivity contribution in [3.05, 3.63) is 48.8 Å². The van der Waals surface area contributed by atoms with E-state index in [0.29, 0.717) is 24.2 Å². The molecule has 0 aromatic rings. The van der Waals surface area contributed by atoms with Crippen molar-refractivity contribution in [2.24, 2.45) is 5.92 Å². The summed E-state index contributed by atoms with van der Waals surface area (Å²) in [5.74, 6) is -1.88. The van der Waals surface area contributed by atoms with Gasteiger partial charge in [0.2, 0.25) is 18.2 Å². The van der Waals surface area contributed by atoms with Gasteiger partial charge in [0, 0.05) is 24.0 Å². The monoisotopic (exact) mass is 506 g/mol. The number of amides is 2. The number of esters is 2. The largest absolute Gasteiger partial charge is 0.492 e. The first-order valence-corrected chi connectivity index (χ1v) is 11.7. The van der Waals surface area contributed by atoms with Gasteiger partial charge in [-0.2, -0.15) is 0 Å². The van der Waals surface area contributed by atoms with E-state index in [4.69, 9.17) is 14.2 Å². The molecule has 0 aliphatic carbocycles. The Hall–Kier alpha value is -3.40. The summed E-state index contributed by atoms with van der Waals surface area (Å²) in [5.41, 5.74) is 1.09. The number of allylic oxidation sites excluding steroid dienone is 1. The van der Waals surface area contributed by atoms with E-state index in [1.54, 1.807) is 6.92 Å². The minimum absolute atomic E-state index is 0.0159. The molecule has 1 aliphatic heterocycles. The summed E-state index contributed by atoms with van der Waals surface area (Å²) in [6, 6.07) is 0. The first-order valence-electron chi connectivity index (χ1n) is 11.7. The molecular weight excluding hydrogens is 468 g/mol. The molecule has 1 fully saturated rings. The van der Waals surface area contributed by atoms with Crippen LogP contribution in [-0.2, 0) is 33.4 Å². The molecule has 10 nitrogen and oxygen atoms in total. The zero-order valence-corrected chi connectivity index (χ0v) is 21.5. The van der Waals surface area contributed by atoms with Gasteiger partial charge >= 0.3 is 11.9 Å². The lowest BCUT2D eigenvalue weighted by molar-refractivity contribution is -0.172. The first kappa shape index (κ1) is 30.6. The van der Waals surface area contributed by atoms with Gasteiger partial charge in [0.15, 0.2) is 0 Å². The summed E-state index contributed by atoms with van der Waals surface area (Å²) in [5, 5.41) is 11.0. The van der Waals surface area contributed by atoms with Crippen molar-refractivity contribution in [2.45, 2.75) is 52.8 Å². The molecule has 2 atom stereocenters. The Labute approximate surface area is 212 Å². The molecule has 0 aromatic carbocycles. The Morgan fingerprint density at radius 3 is 1.86 bits per heavy atom. The van der Waals surface area contributed by atoms with Crippen LogP contribution >= 0.6 is 0 Å². The molecule has 36 heavy (non-hydrogen) atoms. The molecule has 200 valence electrons. The summed E-state index contributed by atoms with van der Waals surface area (Å²) in [4.78, 5) is 51.8. The molecule has 1 heterocycles. The van der Waals surface area contributed by atoms with Gasteiger partial charge in [-0.15, -0.1) is 0 Å². The van der Waals surface area contributed by atoms with Crippen LogP contribution in [-0.4, -0.2) is 77.9 Å². The van der Waals surface area contributed by atoms with Gasteiger partial charge in [0.25, 0.3) is 0 Å². The van der Waals surface area contributed by atoms with E-state index in [2.05, 4.69) is 26.3 Å². The van der Waals surface area contributed by atoms with Gasteiger partial charge in [-0.1, -0.05) is 26.3 Å². The van der Waals surface area contributed by atoms with Crippen molar-refractivity contribution in [1.82, 2.24) is 9.80 Å². The number of ether oxygens (including phenoxy) is 3. The highest BCUT2D eigenvalue weighted by molar-refractivity contribution is 5.87. The molecule has 0 radical (unpaired) electrons. The van der Waals surface area contributed by atoms with Crippen LogP contribution in [0.3, 0.4) is 0 Å². The van der Waals surface area contributed by atoms with Crippen LogP contribution < -0.4 is 0 Å². The number of aliphatic hydroxyl groups is 1. The fourth-order valence-corrected chi connectivity index (χ4v) is 3.28. The number of carbonyl (C=O) groups excluding carboxylic acids is 4. The predicted molar refractivity (Wildman–Crippen MR) is 133 cm³/mol. The van der Waals surface area contributed by atoms with Gasteiger partial charge in [-0.25, -0.2) is 9.59 Å². The highest BCUT2D eigenvalue weighted by Crippen LogP contribution is 2.23. The molecule has 2 amide bonds. The number of aliphatic hydroxyl groups excluding tert-OH is 1. The normalized spacial score (nSPS) is 18.4. The van der Waals surface area contributed by atoms with Crippen LogP contribution in [0.2, 0.25) is 0 Å². The molecule has 1 aliphatic rings. The molecule has 1 saturated heterocycles. The average molecular weight is 507 g/mol. The summed E-state index contributed by atoms with van der Waals surface area (Å²) < 4.78 is 15.7. The molecule has 0 bridgehead atoms. The van der Waals surface area contributed by atoms with Crippen molar-refractivity contribution in [3.8, 4) is 0 Å². The maximum Gasteiger partial charge on any atom is 0.333 e. The van der Waals surface area contributed by atoms with E-state index >= 15 is 0 Å². The summed E-state index contributed by atoms with van der Waals surface area (Å²) >= 11 is 0. The summed E-state index contributed by atoms with van der Waals surface area (Å²) in [6.45, 7) is 19.0. The summed E-state index contributed by atoms with van der Waals surface area (Å²) in [7, 11) is 0. The maximum absolute atomic E-state index is 13.2. The van der Waals surface area contributed by atoms with Crippen LogP contribution in [0.15, 0.2) is 48.8 Å². The van der Waals surface area contributed by atoms with Crippen molar-refractivity contribution in [1.29, 1.82) is 0 Å². The maximum atomic E-state index is 13.2. The molecule has 0 saturated carbocycles. The third kappa shape index (κ3) is 10.1. The smallest absolute Gasteiger partial charge is 0.333 e. The lowest BCUT2D eigenvalue weighted by Crippen LogP contribution is -2.54. The second-order valence-electron chi connectivity index (χ2n) is 8.80. The minimum atomic E-state index is -1.59. The van der Waals surface area contributed by atoms with Crippen molar-refractivity contribution < 1.29 is 38.5 Å². The second-order valence-corrected chi connectivity index (χ2v) is 8.80. The highest BCUT2D eigenvalue weighted by Gasteiger charge is 2.34. The Bertz CT molecular complexity index is 894. The quantitative estimate of drug-likeness (QED) is 0.175. The van der Waals surface area contributed by atoms with Crippen molar-refractivity contribution >= 4 is 23.8 Å². The van der Waals surface area contributed by atoms with Crippen molar-refractivity contribution in [2.75, 3.05) is 32.9 Å². The SMILES string of the molecule is C=C(C)C(=C)OCCN1C(=O)CC(CCOC(=O)C(=C)C)CCC(=O)N(CCOC(=O)C(=C)C)C1O. The van der Waals surface area contributed by atoms with E-state index in [0.717, 1.165) is 9.80 Å². The van der Waals surface area contributed by atoms with Crippen LogP contribution in [0, 0.1) is 5.92 Å². The molecule has 1 rings (SSSR count).